The maximum absolute atomic E-state index is 12.9. The van der Waals surface area contributed by atoms with Crippen molar-refractivity contribution < 1.29 is 17.6 Å². The summed E-state index contributed by atoms with van der Waals surface area (Å²) in [4.78, 5) is 12.7. The Labute approximate surface area is 160 Å². The number of amides is 1. The Hall–Kier alpha value is -2.12. The van der Waals surface area contributed by atoms with Gasteiger partial charge >= 0.3 is 0 Å². The average molecular weight is 391 g/mol. The minimum Gasteiger partial charge on any atom is -0.464 e. The molecular weight excluding hydrogens is 364 g/mol. The number of nitrogens with zero attached hydrogens (tertiary/aromatic N) is 1. The van der Waals surface area contributed by atoms with Crippen LogP contribution in [0.2, 0.25) is 0 Å². The second-order valence-corrected chi connectivity index (χ2v) is 9.02. The molecule has 0 radical (unpaired) electrons. The topological polar surface area (TPSA) is 79.6 Å². The maximum atomic E-state index is 12.9. The number of hydrogen-bond donors (Lipinski definition) is 1. The van der Waals surface area contributed by atoms with Crippen LogP contribution in [0, 0.1) is 6.92 Å². The monoisotopic (exact) mass is 390 g/mol. The fourth-order valence-electron chi connectivity index (χ4n) is 3.38. The molecule has 1 aromatic heterocycles. The van der Waals surface area contributed by atoms with Gasteiger partial charge in [-0.2, -0.15) is 4.31 Å². The summed E-state index contributed by atoms with van der Waals surface area (Å²) >= 11 is 0. The molecule has 1 fully saturated rings. The Morgan fingerprint density at radius 2 is 1.89 bits per heavy atom. The fourth-order valence-corrected chi connectivity index (χ4v) is 5.08. The van der Waals surface area contributed by atoms with Crippen LogP contribution in [0.15, 0.2) is 45.7 Å². The largest absolute Gasteiger partial charge is 0.464 e. The summed E-state index contributed by atoms with van der Waals surface area (Å²) in [6.07, 6.45) is 2.82. The molecule has 146 valence electrons. The van der Waals surface area contributed by atoms with Gasteiger partial charge in [0.15, 0.2) is 0 Å². The van der Waals surface area contributed by atoms with Crippen molar-refractivity contribution in [3.8, 4) is 0 Å². The SMILES string of the molecule is Cc1ccc(C(C)NC(=O)c2ccc(S(=O)(=O)N3CCCCC3C)cc2)o1. The summed E-state index contributed by atoms with van der Waals surface area (Å²) in [5, 5.41) is 2.86. The highest BCUT2D eigenvalue weighted by molar-refractivity contribution is 7.89. The lowest BCUT2D eigenvalue weighted by molar-refractivity contribution is 0.0935. The van der Waals surface area contributed by atoms with Gasteiger partial charge in [-0.05, 0) is 70.0 Å². The predicted octanol–water partition coefficient (Wildman–Crippen LogP) is 3.64. The van der Waals surface area contributed by atoms with E-state index in [-0.39, 0.29) is 22.9 Å². The van der Waals surface area contributed by atoms with Gasteiger partial charge in [0.1, 0.15) is 11.5 Å². The summed E-state index contributed by atoms with van der Waals surface area (Å²) in [6, 6.07) is 9.52. The smallest absolute Gasteiger partial charge is 0.251 e. The zero-order valence-electron chi connectivity index (χ0n) is 15.9. The fraction of sp³-hybridized carbons (Fsp3) is 0.450. The Kier molecular flexibility index (Phi) is 5.72. The van der Waals surface area contributed by atoms with E-state index in [1.54, 1.807) is 16.4 Å². The van der Waals surface area contributed by atoms with E-state index in [1.807, 2.05) is 32.9 Å². The van der Waals surface area contributed by atoms with E-state index in [1.165, 1.54) is 12.1 Å². The van der Waals surface area contributed by atoms with Crippen LogP contribution >= 0.6 is 0 Å². The molecule has 2 atom stereocenters. The van der Waals surface area contributed by atoms with Crippen LogP contribution in [0.5, 0.6) is 0 Å². The molecule has 0 spiro atoms. The number of benzene rings is 1. The van der Waals surface area contributed by atoms with E-state index < -0.39 is 10.0 Å². The third kappa shape index (κ3) is 4.25. The van der Waals surface area contributed by atoms with E-state index in [0.717, 1.165) is 25.0 Å². The van der Waals surface area contributed by atoms with Gasteiger partial charge in [-0.25, -0.2) is 8.42 Å². The van der Waals surface area contributed by atoms with Crippen LogP contribution in [-0.2, 0) is 10.0 Å². The molecule has 1 amide bonds. The molecule has 0 saturated carbocycles. The molecule has 0 aliphatic carbocycles. The van der Waals surface area contributed by atoms with E-state index in [0.29, 0.717) is 17.9 Å². The molecule has 1 aliphatic heterocycles. The molecule has 1 saturated heterocycles. The number of aryl methyl sites for hydroxylation is 1. The van der Waals surface area contributed by atoms with Gasteiger partial charge in [-0.15, -0.1) is 0 Å². The number of furan rings is 1. The zero-order valence-corrected chi connectivity index (χ0v) is 16.8. The number of sulfonamides is 1. The number of carbonyl (C=O) groups excluding carboxylic acids is 1. The normalized spacial score (nSPS) is 19.6. The van der Waals surface area contributed by atoms with Gasteiger partial charge in [-0.1, -0.05) is 6.42 Å². The predicted molar refractivity (Wildman–Crippen MR) is 103 cm³/mol. The van der Waals surface area contributed by atoms with Crippen LogP contribution in [-0.4, -0.2) is 31.2 Å². The van der Waals surface area contributed by atoms with Crippen molar-refractivity contribution in [3.05, 3.63) is 53.5 Å². The van der Waals surface area contributed by atoms with Crippen molar-refractivity contribution in [3.63, 3.8) is 0 Å². The van der Waals surface area contributed by atoms with E-state index in [2.05, 4.69) is 5.32 Å². The lowest BCUT2D eigenvalue weighted by Gasteiger charge is -2.32. The molecule has 0 bridgehead atoms. The van der Waals surface area contributed by atoms with Crippen LogP contribution in [0.4, 0.5) is 0 Å². The van der Waals surface area contributed by atoms with Gasteiger partial charge in [0.05, 0.1) is 10.9 Å². The van der Waals surface area contributed by atoms with Crippen molar-refractivity contribution in [2.24, 2.45) is 0 Å². The number of carbonyl (C=O) groups is 1. The van der Waals surface area contributed by atoms with E-state index in [9.17, 15) is 13.2 Å². The quantitative estimate of drug-likeness (QED) is 0.845. The van der Waals surface area contributed by atoms with Gasteiger partial charge in [0.25, 0.3) is 5.91 Å². The van der Waals surface area contributed by atoms with Crippen LogP contribution in [0.3, 0.4) is 0 Å². The highest BCUT2D eigenvalue weighted by Crippen LogP contribution is 2.25. The van der Waals surface area contributed by atoms with Crippen molar-refractivity contribution in [2.75, 3.05) is 6.54 Å². The molecule has 6 nitrogen and oxygen atoms in total. The molecule has 2 heterocycles. The van der Waals surface area contributed by atoms with Crippen LogP contribution in [0.1, 0.15) is 61.0 Å². The van der Waals surface area contributed by atoms with Gasteiger partial charge < -0.3 is 9.73 Å². The average Bonchev–Trinajstić information content (AvgIpc) is 3.08. The first-order chi connectivity index (χ1) is 12.8. The summed E-state index contributed by atoms with van der Waals surface area (Å²) < 4.78 is 32.8. The lowest BCUT2D eigenvalue weighted by Crippen LogP contribution is -2.41. The third-order valence-electron chi connectivity index (χ3n) is 5.00. The molecule has 1 N–H and O–H groups in total. The minimum absolute atomic E-state index is 0.00401. The maximum Gasteiger partial charge on any atom is 0.251 e. The van der Waals surface area contributed by atoms with Gasteiger partial charge in [-0.3, -0.25) is 4.79 Å². The van der Waals surface area contributed by atoms with Gasteiger partial charge in [0.2, 0.25) is 10.0 Å². The zero-order chi connectivity index (χ0) is 19.6. The van der Waals surface area contributed by atoms with Gasteiger partial charge in [0, 0.05) is 18.2 Å². The second-order valence-electron chi connectivity index (χ2n) is 7.13. The molecule has 3 rings (SSSR count). The second kappa shape index (κ2) is 7.86. The Morgan fingerprint density at radius 1 is 1.19 bits per heavy atom. The van der Waals surface area contributed by atoms with E-state index >= 15 is 0 Å². The lowest BCUT2D eigenvalue weighted by atomic mass is 10.1. The molecule has 7 heteroatoms. The first-order valence-corrected chi connectivity index (χ1v) is 10.7. The Balaban J connectivity index is 1.71. The first-order valence-electron chi connectivity index (χ1n) is 9.28. The van der Waals surface area contributed by atoms with Crippen LogP contribution < -0.4 is 5.32 Å². The number of rotatable bonds is 5. The minimum atomic E-state index is -3.53. The summed E-state index contributed by atoms with van der Waals surface area (Å²) in [6.45, 7) is 6.18. The summed E-state index contributed by atoms with van der Waals surface area (Å²) in [5.41, 5.74) is 0.413. The highest BCUT2D eigenvalue weighted by atomic mass is 32.2. The highest BCUT2D eigenvalue weighted by Gasteiger charge is 2.31. The van der Waals surface area contributed by atoms with E-state index in [4.69, 9.17) is 4.42 Å². The third-order valence-corrected chi connectivity index (χ3v) is 7.03. The standard InChI is InChI=1S/C20H26N2O4S/c1-14-6-4-5-13-22(14)27(24,25)18-10-8-17(9-11-18)20(23)21-16(3)19-12-7-15(2)26-19/h7-12,14,16H,4-6,13H2,1-3H3,(H,21,23). The van der Waals surface area contributed by atoms with Crippen molar-refractivity contribution in [1.82, 2.24) is 9.62 Å². The number of hydrogen-bond acceptors (Lipinski definition) is 4. The molecule has 27 heavy (non-hydrogen) atoms. The molecule has 1 aromatic carbocycles. The summed E-state index contributed by atoms with van der Waals surface area (Å²) in [5.74, 6) is 1.19. The first kappa shape index (κ1) is 19.6. The van der Waals surface area contributed by atoms with Crippen LogP contribution in [0.25, 0.3) is 0 Å². The molecule has 2 aromatic rings. The number of nitrogens with one attached hydrogen (secondary N) is 1. The molecule has 2 unspecified atom stereocenters. The van der Waals surface area contributed by atoms with Crippen molar-refractivity contribution in [1.29, 1.82) is 0 Å². The Morgan fingerprint density at radius 3 is 2.48 bits per heavy atom. The van der Waals surface area contributed by atoms with Crippen molar-refractivity contribution >= 4 is 15.9 Å². The molecular formula is C20H26N2O4S. The van der Waals surface area contributed by atoms with Crippen molar-refractivity contribution in [2.45, 2.75) is 57.0 Å². The number of piperidine rings is 1. The summed E-state index contributed by atoms with van der Waals surface area (Å²) in [7, 11) is -3.53. The Bertz CT molecular complexity index is 902. The molecule has 1 aliphatic rings.